The Morgan fingerprint density at radius 2 is 2.25 bits per heavy atom. The maximum Gasteiger partial charge on any atom is 0.209 e. The van der Waals surface area contributed by atoms with Gasteiger partial charge in [-0.15, -0.1) is 0 Å². The molecule has 0 saturated carbocycles. The van der Waals surface area contributed by atoms with Gasteiger partial charge in [-0.05, 0) is 25.5 Å². The van der Waals surface area contributed by atoms with E-state index in [1.807, 2.05) is 24.3 Å². The van der Waals surface area contributed by atoms with Gasteiger partial charge < -0.3 is 9.52 Å². The third-order valence-corrected chi connectivity index (χ3v) is 4.43. The molecule has 1 aromatic heterocycles. The van der Waals surface area contributed by atoms with Crippen LogP contribution in [0.2, 0.25) is 0 Å². The second-order valence-corrected chi connectivity index (χ2v) is 5.90. The molecule has 0 bridgehead atoms. The van der Waals surface area contributed by atoms with Gasteiger partial charge in [0, 0.05) is 16.1 Å². The van der Waals surface area contributed by atoms with Gasteiger partial charge in [0.05, 0.1) is 19.3 Å². The fourth-order valence-electron chi connectivity index (χ4n) is 2.65. The van der Waals surface area contributed by atoms with E-state index in [1.54, 1.807) is 6.20 Å². The molecule has 5 heteroatoms. The molecule has 1 aliphatic rings. The number of rotatable bonds is 4. The molecule has 0 aliphatic carbocycles. The summed E-state index contributed by atoms with van der Waals surface area (Å²) in [5.74, 6) is 1.48. The predicted octanol–water partition coefficient (Wildman–Crippen LogP) is 3.06. The molecule has 2 aromatic rings. The van der Waals surface area contributed by atoms with Crippen molar-refractivity contribution in [1.29, 1.82) is 0 Å². The fourth-order valence-corrected chi connectivity index (χ4v) is 3.13. The second-order valence-electron chi connectivity index (χ2n) is 5.05. The first kappa shape index (κ1) is 13.8. The van der Waals surface area contributed by atoms with Crippen molar-refractivity contribution in [1.82, 2.24) is 9.88 Å². The molecule has 2 heterocycles. The molecule has 1 saturated heterocycles. The van der Waals surface area contributed by atoms with E-state index in [4.69, 9.17) is 4.42 Å². The van der Waals surface area contributed by atoms with E-state index in [0.29, 0.717) is 12.4 Å². The number of benzene rings is 1. The van der Waals surface area contributed by atoms with Crippen LogP contribution in [0.1, 0.15) is 18.7 Å². The molecule has 20 heavy (non-hydrogen) atoms. The Morgan fingerprint density at radius 3 is 3.05 bits per heavy atom. The minimum atomic E-state index is 0.206. The van der Waals surface area contributed by atoms with Gasteiger partial charge in [-0.2, -0.15) is 0 Å². The van der Waals surface area contributed by atoms with E-state index in [2.05, 4.69) is 25.8 Å². The number of nitrogens with zero attached hydrogens (tertiary/aromatic N) is 2. The van der Waals surface area contributed by atoms with Crippen molar-refractivity contribution in [2.45, 2.75) is 25.4 Å². The molecule has 106 valence electrons. The standard InChI is InChI=1S/C15H17BrN2O2/c16-13-6-2-1-5-12(13)14-8-17-15(20-14)9-18-7-3-4-11(18)10-19/h1-2,5-6,8,11,19H,3-4,7,9-10H2/t11-/m1/s1. The lowest BCUT2D eigenvalue weighted by Crippen LogP contribution is -2.31. The average Bonchev–Trinajstić information content (AvgIpc) is 3.09. The highest BCUT2D eigenvalue weighted by Gasteiger charge is 2.25. The molecule has 4 nitrogen and oxygen atoms in total. The predicted molar refractivity (Wildman–Crippen MR) is 80.2 cm³/mol. The van der Waals surface area contributed by atoms with Gasteiger partial charge in [-0.3, -0.25) is 4.90 Å². The summed E-state index contributed by atoms with van der Waals surface area (Å²) in [7, 11) is 0. The highest BCUT2D eigenvalue weighted by Crippen LogP contribution is 2.29. The molecule has 0 amide bonds. The number of likely N-dealkylation sites (tertiary alicyclic amines) is 1. The summed E-state index contributed by atoms with van der Waals surface area (Å²) < 4.78 is 6.84. The fraction of sp³-hybridized carbons (Fsp3) is 0.400. The molecule has 1 N–H and O–H groups in total. The highest BCUT2D eigenvalue weighted by atomic mass is 79.9. The Morgan fingerprint density at radius 1 is 1.40 bits per heavy atom. The van der Waals surface area contributed by atoms with Gasteiger partial charge >= 0.3 is 0 Å². The lowest BCUT2D eigenvalue weighted by molar-refractivity contribution is 0.144. The first-order chi connectivity index (χ1) is 9.78. The molecule has 1 atom stereocenters. The number of hydrogen-bond donors (Lipinski definition) is 1. The third kappa shape index (κ3) is 2.80. The summed E-state index contributed by atoms with van der Waals surface area (Å²) in [5, 5.41) is 9.34. The summed E-state index contributed by atoms with van der Waals surface area (Å²) in [6.07, 6.45) is 3.94. The molecular weight excluding hydrogens is 320 g/mol. The van der Waals surface area contributed by atoms with Crippen LogP contribution in [-0.4, -0.2) is 34.2 Å². The lowest BCUT2D eigenvalue weighted by atomic mass is 10.2. The normalized spacial score (nSPS) is 19.6. The first-order valence-electron chi connectivity index (χ1n) is 6.82. The monoisotopic (exact) mass is 336 g/mol. The van der Waals surface area contributed by atoms with Gasteiger partial charge in [-0.25, -0.2) is 4.98 Å². The van der Waals surface area contributed by atoms with E-state index < -0.39 is 0 Å². The van der Waals surface area contributed by atoms with Crippen molar-refractivity contribution in [3.8, 4) is 11.3 Å². The van der Waals surface area contributed by atoms with Crippen LogP contribution in [0.25, 0.3) is 11.3 Å². The van der Waals surface area contributed by atoms with Gasteiger partial charge in [-0.1, -0.05) is 34.1 Å². The van der Waals surface area contributed by atoms with Crippen LogP contribution in [0.4, 0.5) is 0 Å². The quantitative estimate of drug-likeness (QED) is 0.932. The molecule has 0 unspecified atom stereocenters. The first-order valence-corrected chi connectivity index (χ1v) is 7.61. The van der Waals surface area contributed by atoms with E-state index in [0.717, 1.165) is 35.2 Å². The molecular formula is C15H17BrN2O2. The smallest absolute Gasteiger partial charge is 0.209 e. The van der Waals surface area contributed by atoms with Crippen LogP contribution in [-0.2, 0) is 6.54 Å². The Bertz CT molecular complexity index is 585. The second kappa shape index (κ2) is 6.08. The van der Waals surface area contributed by atoms with Crippen LogP contribution in [0, 0.1) is 0 Å². The van der Waals surface area contributed by atoms with Crippen molar-refractivity contribution in [3.63, 3.8) is 0 Å². The Hall–Kier alpha value is -1.17. The summed E-state index contributed by atoms with van der Waals surface area (Å²) >= 11 is 3.52. The van der Waals surface area contributed by atoms with E-state index in [1.165, 1.54) is 0 Å². The highest BCUT2D eigenvalue weighted by molar-refractivity contribution is 9.10. The van der Waals surface area contributed by atoms with Crippen LogP contribution < -0.4 is 0 Å². The largest absolute Gasteiger partial charge is 0.439 e. The van der Waals surface area contributed by atoms with Gasteiger partial charge in [0.25, 0.3) is 0 Å². The van der Waals surface area contributed by atoms with Crippen LogP contribution in [0.5, 0.6) is 0 Å². The average molecular weight is 337 g/mol. The molecule has 0 spiro atoms. The van der Waals surface area contributed by atoms with Crippen LogP contribution in [0.3, 0.4) is 0 Å². The maximum absolute atomic E-state index is 9.34. The third-order valence-electron chi connectivity index (χ3n) is 3.74. The molecule has 0 radical (unpaired) electrons. The van der Waals surface area contributed by atoms with Crippen LogP contribution >= 0.6 is 15.9 Å². The van der Waals surface area contributed by atoms with E-state index in [-0.39, 0.29) is 12.6 Å². The minimum Gasteiger partial charge on any atom is -0.439 e. The zero-order valence-corrected chi connectivity index (χ0v) is 12.7. The minimum absolute atomic E-state index is 0.206. The van der Waals surface area contributed by atoms with Crippen molar-refractivity contribution in [2.24, 2.45) is 0 Å². The number of oxazole rings is 1. The number of aromatic nitrogens is 1. The molecule has 1 fully saturated rings. The van der Waals surface area contributed by atoms with E-state index >= 15 is 0 Å². The molecule has 1 aromatic carbocycles. The molecule has 3 rings (SSSR count). The Labute approximate surface area is 126 Å². The number of aliphatic hydroxyl groups is 1. The number of hydrogen-bond acceptors (Lipinski definition) is 4. The summed E-state index contributed by atoms with van der Waals surface area (Å²) in [6, 6.07) is 8.18. The summed E-state index contributed by atoms with van der Waals surface area (Å²) in [4.78, 5) is 6.59. The Kier molecular flexibility index (Phi) is 4.19. The van der Waals surface area contributed by atoms with E-state index in [9.17, 15) is 5.11 Å². The van der Waals surface area contributed by atoms with Crippen molar-refractivity contribution >= 4 is 15.9 Å². The van der Waals surface area contributed by atoms with Crippen molar-refractivity contribution < 1.29 is 9.52 Å². The van der Waals surface area contributed by atoms with Gasteiger partial charge in [0.1, 0.15) is 0 Å². The van der Waals surface area contributed by atoms with Crippen LogP contribution in [0.15, 0.2) is 39.4 Å². The summed E-state index contributed by atoms with van der Waals surface area (Å²) in [6.45, 7) is 1.87. The van der Waals surface area contributed by atoms with Gasteiger partial charge in [0.15, 0.2) is 5.76 Å². The molecule has 1 aliphatic heterocycles. The Balaban J connectivity index is 1.76. The van der Waals surface area contributed by atoms with Gasteiger partial charge in [0.2, 0.25) is 5.89 Å². The van der Waals surface area contributed by atoms with Crippen molar-refractivity contribution in [3.05, 3.63) is 40.8 Å². The lowest BCUT2D eigenvalue weighted by Gasteiger charge is -2.20. The zero-order valence-electron chi connectivity index (χ0n) is 11.1. The summed E-state index contributed by atoms with van der Waals surface area (Å²) in [5.41, 5.74) is 1.01. The maximum atomic E-state index is 9.34. The zero-order chi connectivity index (χ0) is 13.9. The SMILES string of the molecule is OC[C@H]1CCCN1Cc1ncc(-c2ccccc2Br)o1. The van der Waals surface area contributed by atoms with Crippen molar-refractivity contribution in [2.75, 3.05) is 13.2 Å². The number of aliphatic hydroxyl groups excluding tert-OH is 1. The number of halogens is 1. The topological polar surface area (TPSA) is 49.5 Å².